The third-order valence-corrected chi connectivity index (χ3v) is 6.19. The molecule has 18 heavy (non-hydrogen) atoms. The Labute approximate surface area is 111 Å². The Balaban J connectivity index is 2.09. The van der Waals surface area contributed by atoms with Gasteiger partial charge in [-0.05, 0) is 50.2 Å². The van der Waals surface area contributed by atoms with Crippen molar-refractivity contribution in [2.75, 3.05) is 27.2 Å². The van der Waals surface area contributed by atoms with Gasteiger partial charge in [0.15, 0.2) is 0 Å². The lowest BCUT2D eigenvalue weighted by atomic mass is 9.86. The van der Waals surface area contributed by atoms with Crippen LogP contribution in [0.4, 0.5) is 0 Å². The molecule has 2 aliphatic heterocycles. The highest BCUT2D eigenvalue weighted by Gasteiger charge is 2.46. The highest BCUT2D eigenvalue weighted by Crippen LogP contribution is 2.44. The fourth-order valence-electron chi connectivity index (χ4n) is 3.11. The number of likely N-dealkylation sites (tertiary alicyclic amines) is 1. The average Bonchev–Trinajstić information content (AvgIpc) is 2.39. The SMILES string of the molecule is CN1CCC2(CC1)c1ccncc1CN(C)S2=O. The first kappa shape index (κ1) is 12.3. The van der Waals surface area contributed by atoms with Gasteiger partial charge in [0.2, 0.25) is 0 Å². The summed E-state index contributed by atoms with van der Waals surface area (Å²) in [5.74, 6) is 0. The van der Waals surface area contributed by atoms with Crippen molar-refractivity contribution in [1.82, 2.24) is 14.2 Å². The van der Waals surface area contributed by atoms with Gasteiger partial charge in [-0.2, -0.15) is 0 Å². The number of hydrogen-bond acceptors (Lipinski definition) is 3. The standard InChI is InChI=1S/C13H19N3OS/c1-15-7-4-13(5-8-15)12-3-6-14-9-11(12)10-16(2)18(13)17/h3,6,9H,4-5,7-8,10H2,1-2H3. The van der Waals surface area contributed by atoms with E-state index < -0.39 is 11.0 Å². The zero-order valence-electron chi connectivity index (χ0n) is 10.9. The second-order valence-corrected chi connectivity index (χ2v) is 7.27. The van der Waals surface area contributed by atoms with Crippen molar-refractivity contribution in [3.63, 3.8) is 0 Å². The molecule has 0 N–H and O–H groups in total. The zero-order chi connectivity index (χ0) is 12.8. The van der Waals surface area contributed by atoms with Crippen molar-refractivity contribution >= 4 is 11.0 Å². The van der Waals surface area contributed by atoms with E-state index >= 15 is 0 Å². The Hall–Kier alpha value is -0.780. The van der Waals surface area contributed by atoms with E-state index in [0.29, 0.717) is 0 Å². The highest BCUT2D eigenvalue weighted by atomic mass is 32.2. The van der Waals surface area contributed by atoms with Gasteiger partial charge in [-0.15, -0.1) is 0 Å². The van der Waals surface area contributed by atoms with Crippen LogP contribution in [0.3, 0.4) is 0 Å². The Morgan fingerprint density at radius 1 is 1.33 bits per heavy atom. The molecule has 0 saturated carbocycles. The molecular formula is C13H19N3OS. The molecule has 0 bridgehead atoms. The molecule has 3 heterocycles. The summed E-state index contributed by atoms with van der Waals surface area (Å²) < 4.78 is 14.6. The van der Waals surface area contributed by atoms with Gasteiger partial charge in [0.25, 0.3) is 0 Å². The molecule has 1 fully saturated rings. The number of aromatic nitrogens is 1. The maximum absolute atomic E-state index is 12.8. The van der Waals surface area contributed by atoms with Gasteiger partial charge >= 0.3 is 0 Å². The number of rotatable bonds is 0. The van der Waals surface area contributed by atoms with Crippen molar-refractivity contribution < 1.29 is 4.21 Å². The molecular weight excluding hydrogens is 246 g/mol. The molecule has 1 atom stereocenters. The Kier molecular flexibility index (Phi) is 3.00. The van der Waals surface area contributed by atoms with Crippen LogP contribution in [0.15, 0.2) is 18.5 Å². The number of nitrogens with zero attached hydrogens (tertiary/aromatic N) is 3. The van der Waals surface area contributed by atoms with Crippen molar-refractivity contribution in [2.45, 2.75) is 24.1 Å². The number of piperidine rings is 1. The molecule has 1 spiro atoms. The molecule has 0 radical (unpaired) electrons. The van der Waals surface area contributed by atoms with Crippen LogP contribution in [-0.4, -0.2) is 45.6 Å². The van der Waals surface area contributed by atoms with Crippen LogP contribution in [-0.2, 0) is 22.3 Å². The van der Waals surface area contributed by atoms with E-state index in [1.807, 2.05) is 23.7 Å². The van der Waals surface area contributed by atoms with Crippen molar-refractivity contribution in [1.29, 1.82) is 0 Å². The molecule has 0 aromatic carbocycles. The molecule has 0 aliphatic carbocycles. The van der Waals surface area contributed by atoms with Gasteiger partial charge in [0.1, 0.15) is 11.0 Å². The first-order chi connectivity index (χ1) is 8.63. The maximum Gasteiger partial charge on any atom is 0.105 e. The average molecular weight is 265 g/mol. The van der Waals surface area contributed by atoms with Crippen LogP contribution in [0.1, 0.15) is 24.0 Å². The molecule has 2 aliphatic rings. The summed E-state index contributed by atoms with van der Waals surface area (Å²) in [6, 6.07) is 2.07. The minimum Gasteiger partial charge on any atom is -0.306 e. The summed E-state index contributed by atoms with van der Waals surface area (Å²) in [5.41, 5.74) is 2.51. The predicted octanol–water partition coefficient (Wildman–Crippen LogP) is 1.11. The van der Waals surface area contributed by atoms with E-state index in [9.17, 15) is 4.21 Å². The van der Waals surface area contributed by atoms with E-state index in [1.54, 1.807) is 0 Å². The fourth-order valence-corrected chi connectivity index (χ4v) is 4.88. The Morgan fingerprint density at radius 2 is 2.06 bits per heavy atom. The Bertz CT molecular complexity index is 483. The smallest absolute Gasteiger partial charge is 0.105 e. The second kappa shape index (κ2) is 4.40. The third-order valence-electron chi connectivity index (χ3n) is 4.20. The number of pyridine rings is 1. The molecule has 1 unspecified atom stereocenters. The largest absolute Gasteiger partial charge is 0.306 e. The van der Waals surface area contributed by atoms with Crippen molar-refractivity contribution in [2.24, 2.45) is 0 Å². The van der Waals surface area contributed by atoms with Crippen LogP contribution in [0.5, 0.6) is 0 Å². The quantitative estimate of drug-likeness (QED) is 0.705. The van der Waals surface area contributed by atoms with Gasteiger partial charge in [-0.1, -0.05) is 0 Å². The lowest BCUT2D eigenvalue weighted by Crippen LogP contribution is -2.50. The van der Waals surface area contributed by atoms with Crippen LogP contribution in [0.2, 0.25) is 0 Å². The summed E-state index contributed by atoms with van der Waals surface area (Å²) >= 11 is 0. The first-order valence-corrected chi connectivity index (χ1v) is 7.49. The summed E-state index contributed by atoms with van der Waals surface area (Å²) in [7, 11) is 3.16. The lowest BCUT2D eigenvalue weighted by molar-refractivity contribution is 0.227. The molecule has 0 amide bonds. The van der Waals surface area contributed by atoms with Crippen molar-refractivity contribution in [3.05, 3.63) is 29.6 Å². The van der Waals surface area contributed by atoms with Gasteiger partial charge in [-0.25, -0.2) is 8.51 Å². The topological polar surface area (TPSA) is 36.4 Å². The maximum atomic E-state index is 12.8. The third kappa shape index (κ3) is 1.73. The van der Waals surface area contributed by atoms with Crippen molar-refractivity contribution in [3.8, 4) is 0 Å². The minimum atomic E-state index is -0.927. The monoisotopic (exact) mass is 265 g/mol. The lowest BCUT2D eigenvalue weighted by Gasteiger charge is -2.45. The summed E-state index contributed by atoms with van der Waals surface area (Å²) in [6.07, 6.45) is 5.71. The number of hydrogen-bond donors (Lipinski definition) is 0. The van der Waals surface area contributed by atoms with Gasteiger partial charge < -0.3 is 4.90 Å². The zero-order valence-corrected chi connectivity index (χ0v) is 11.7. The summed E-state index contributed by atoms with van der Waals surface area (Å²) in [5, 5.41) is 0. The van der Waals surface area contributed by atoms with Gasteiger partial charge in [0, 0.05) is 26.0 Å². The van der Waals surface area contributed by atoms with E-state index in [-0.39, 0.29) is 4.75 Å². The van der Waals surface area contributed by atoms with Crippen LogP contribution in [0, 0.1) is 0 Å². The minimum absolute atomic E-state index is 0.183. The first-order valence-electron chi connectivity index (χ1n) is 6.38. The normalized spacial score (nSPS) is 28.2. The fraction of sp³-hybridized carbons (Fsp3) is 0.615. The molecule has 1 saturated heterocycles. The Morgan fingerprint density at radius 3 is 2.78 bits per heavy atom. The van der Waals surface area contributed by atoms with E-state index in [2.05, 4.69) is 23.0 Å². The molecule has 1 aromatic heterocycles. The molecule has 1 aromatic rings. The molecule has 4 nitrogen and oxygen atoms in total. The van der Waals surface area contributed by atoms with E-state index in [1.165, 1.54) is 11.1 Å². The summed E-state index contributed by atoms with van der Waals surface area (Å²) in [4.78, 5) is 6.53. The molecule has 3 rings (SSSR count). The number of fused-ring (bicyclic) bond motifs is 2. The van der Waals surface area contributed by atoms with Gasteiger partial charge in [0.05, 0.1) is 4.75 Å². The highest BCUT2D eigenvalue weighted by molar-refractivity contribution is 7.83. The van der Waals surface area contributed by atoms with Crippen LogP contribution >= 0.6 is 0 Å². The molecule has 5 heteroatoms. The van der Waals surface area contributed by atoms with Crippen LogP contribution in [0.25, 0.3) is 0 Å². The van der Waals surface area contributed by atoms with Crippen LogP contribution < -0.4 is 0 Å². The van der Waals surface area contributed by atoms with E-state index in [4.69, 9.17) is 0 Å². The predicted molar refractivity (Wildman–Crippen MR) is 72.3 cm³/mol. The second-order valence-electron chi connectivity index (χ2n) is 5.37. The van der Waals surface area contributed by atoms with Gasteiger partial charge in [-0.3, -0.25) is 4.98 Å². The molecule has 98 valence electrons. The van der Waals surface area contributed by atoms with E-state index in [0.717, 1.165) is 32.5 Å². The summed E-state index contributed by atoms with van der Waals surface area (Å²) in [6.45, 7) is 2.77.